The van der Waals surface area contributed by atoms with Crippen molar-refractivity contribution in [2.45, 2.75) is 32.9 Å². The molecule has 0 saturated carbocycles. The van der Waals surface area contributed by atoms with Gasteiger partial charge >= 0.3 is 0 Å². The van der Waals surface area contributed by atoms with E-state index in [1.165, 1.54) is 6.33 Å². The van der Waals surface area contributed by atoms with Crippen LogP contribution in [0.15, 0.2) is 36.9 Å². The Morgan fingerprint density at radius 1 is 1.14 bits per heavy atom. The van der Waals surface area contributed by atoms with E-state index < -0.39 is 0 Å². The molecular weight excluding hydrogens is 262 g/mol. The molecular formula is C16H19N5. The first kappa shape index (κ1) is 13.7. The highest BCUT2D eigenvalue weighted by Crippen LogP contribution is 2.30. The zero-order valence-corrected chi connectivity index (χ0v) is 12.5. The first-order valence-electron chi connectivity index (χ1n) is 6.98. The van der Waals surface area contributed by atoms with E-state index in [9.17, 15) is 0 Å². The Labute approximate surface area is 123 Å². The summed E-state index contributed by atoms with van der Waals surface area (Å²) >= 11 is 0. The van der Waals surface area contributed by atoms with E-state index >= 15 is 0 Å². The van der Waals surface area contributed by atoms with Gasteiger partial charge in [0.25, 0.3) is 0 Å². The lowest BCUT2D eigenvalue weighted by atomic mass is 10.1. The zero-order chi connectivity index (χ0) is 15.0. The highest BCUT2D eigenvalue weighted by atomic mass is 15.1. The summed E-state index contributed by atoms with van der Waals surface area (Å²) in [5.74, 6) is 0.882. The van der Waals surface area contributed by atoms with E-state index in [1.54, 1.807) is 12.4 Å². The van der Waals surface area contributed by atoms with E-state index in [0.717, 1.165) is 28.0 Å². The minimum absolute atomic E-state index is 0.0931. The third kappa shape index (κ3) is 2.40. The molecule has 0 radical (unpaired) electrons. The molecule has 0 amide bonds. The number of aromatic nitrogens is 4. The molecule has 0 bridgehead atoms. The summed E-state index contributed by atoms with van der Waals surface area (Å²) in [5, 5.41) is 0. The highest BCUT2D eigenvalue weighted by Gasteiger charge is 2.22. The number of rotatable bonds is 2. The van der Waals surface area contributed by atoms with Crippen molar-refractivity contribution in [3.05, 3.63) is 42.5 Å². The van der Waals surface area contributed by atoms with Crippen molar-refractivity contribution in [1.82, 2.24) is 19.5 Å². The maximum absolute atomic E-state index is 5.73. The molecule has 0 unspecified atom stereocenters. The van der Waals surface area contributed by atoms with Crippen LogP contribution < -0.4 is 5.73 Å². The molecule has 3 rings (SSSR count). The minimum atomic E-state index is -0.0931. The summed E-state index contributed by atoms with van der Waals surface area (Å²) in [7, 11) is 0. The van der Waals surface area contributed by atoms with Gasteiger partial charge in [-0.3, -0.25) is 0 Å². The van der Waals surface area contributed by atoms with Gasteiger partial charge in [-0.05, 0) is 38.5 Å². The number of nitrogens with two attached hydrogens (primary N) is 1. The number of fused-ring (bicyclic) bond motifs is 1. The number of hydrogen-bond acceptors (Lipinski definition) is 4. The molecule has 0 spiro atoms. The van der Waals surface area contributed by atoms with Crippen LogP contribution in [0.5, 0.6) is 0 Å². The molecule has 3 aromatic rings. The Hall–Kier alpha value is -2.27. The lowest BCUT2D eigenvalue weighted by Crippen LogP contribution is -2.22. The van der Waals surface area contributed by atoms with Gasteiger partial charge in [-0.2, -0.15) is 0 Å². The number of imidazole rings is 1. The summed E-state index contributed by atoms with van der Waals surface area (Å²) in [6, 6.07) is 6.19. The molecule has 2 aromatic heterocycles. The second kappa shape index (κ2) is 4.93. The molecule has 0 aliphatic rings. The predicted molar refractivity (Wildman–Crippen MR) is 83.6 cm³/mol. The Morgan fingerprint density at radius 3 is 2.48 bits per heavy atom. The van der Waals surface area contributed by atoms with Gasteiger partial charge in [-0.1, -0.05) is 6.07 Å². The molecule has 21 heavy (non-hydrogen) atoms. The summed E-state index contributed by atoms with van der Waals surface area (Å²) < 4.78 is 2.22. The molecule has 0 aliphatic heterocycles. The van der Waals surface area contributed by atoms with Crippen molar-refractivity contribution < 1.29 is 0 Å². The lowest BCUT2D eigenvalue weighted by Gasteiger charge is -2.24. The molecule has 0 atom stereocenters. The zero-order valence-electron chi connectivity index (χ0n) is 12.5. The van der Waals surface area contributed by atoms with Gasteiger partial charge in [-0.25, -0.2) is 15.0 Å². The normalized spacial score (nSPS) is 12.0. The molecule has 0 aliphatic carbocycles. The predicted octanol–water partition coefficient (Wildman–Crippen LogP) is 2.71. The van der Waals surface area contributed by atoms with Gasteiger partial charge in [0.1, 0.15) is 12.2 Å². The first-order valence-corrected chi connectivity index (χ1v) is 6.98. The fourth-order valence-electron chi connectivity index (χ4n) is 2.54. The molecule has 1 aromatic carbocycles. The Kier molecular flexibility index (Phi) is 3.22. The van der Waals surface area contributed by atoms with Crippen LogP contribution in [0.4, 0.5) is 0 Å². The third-order valence-electron chi connectivity index (χ3n) is 3.44. The smallest absolute Gasteiger partial charge is 0.144 e. The maximum Gasteiger partial charge on any atom is 0.144 e. The Morgan fingerprint density at radius 2 is 1.86 bits per heavy atom. The maximum atomic E-state index is 5.73. The van der Waals surface area contributed by atoms with Crippen molar-refractivity contribution in [3.8, 4) is 11.4 Å². The second-order valence-electron chi connectivity index (χ2n) is 6.10. The van der Waals surface area contributed by atoms with Gasteiger partial charge in [0.2, 0.25) is 0 Å². The average molecular weight is 281 g/mol. The minimum Gasteiger partial charge on any atom is -0.326 e. The van der Waals surface area contributed by atoms with Crippen LogP contribution in [0.1, 0.15) is 26.3 Å². The largest absolute Gasteiger partial charge is 0.326 e. The van der Waals surface area contributed by atoms with E-state index in [-0.39, 0.29) is 5.54 Å². The molecule has 108 valence electrons. The van der Waals surface area contributed by atoms with Crippen molar-refractivity contribution >= 4 is 11.0 Å². The fourth-order valence-corrected chi connectivity index (χ4v) is 2.54. The van der Waals surface area contributed by atoms with Crippen LogP contribution in [0.2, 0.25) is 0 Å². The Balaban J connectivity index is 2.33. The van der Waals surface area contributed by atoms with Gasteiger partial charge in [0, 0.05) is 24.5 Å². The van der Waals surface area contributed by atoms with Gasteiger partial charge in [-0.15, -0.1) is 0 Å². The molecule has 2 heterocycles. The highest BCUT2D eigenvalue weighted by molar-refractivity contribution is 5.81. The van der Waals surface area contributed by atoms with Crippen LogP contribution in [-0.2, 0) is 12.1 Å². The second-order valence-corrected chi connectivity index (χ2v) is 6.10. The Bertz CT molecular complexity index is 768. The van der Waals surface area contributed by atoms with E-state index in [2.05, 4.69) is 47.4 Å². The number of nitrogens with zero attached hydrogens (tertiary/aromatic N) is 4. The molecule has 5 heteroatoms. The summed E-state index contributed by atoms with van der Waals surface area (Å²) in [6.07, 6.45) is 5.11. The summed E-state index contributed by atoms with van der Waals surface area (Å²) in [6.45, 7) is 7.01. The molecule has 5 nitrogen and oxygen atoms in total. The lowest BCUT2D eigenvalue weighted by molar-refractivity contribution is 0.413. The van der Waals surface area contributed by atoms with Crippen LogP contribution in [0, 0.1) is 0 Å². The van der Waals surface area contributed by atoms with E-state index in [4.69, 9.17) is 10.7 Å². The fraction of sp³-hybridized carbons (Fsp3) is 0.312. The first-order chi connectivity index (χ1) is 10.0. The van der Waals surface area contributed by atoms with Crippen molar-refractivity contribution in [2.24, 2.45) is 5.73 Å². The quantitative estimate of drug-likeness (QED) is 0.784. The SMILES string of the molecule is CC(C)(C)n1c(-c2cncnc2)nc2cc(CN)ccc21. The van der Waals surface area contributed by atoms with Crippen LogP contribution >= 0.6 is 0 Å². The van der Waals surface area contributed by atoms with E-state index in [1.807, 2.05) is 6.07 Å². The van der Waals surface area contributed by atoms with Crippen LogP contribution in [0.25, 0.3) is 22.4 Å². The van der Waals surface area contributed by atoms with Gasteiger partial charge in [0.15, 0.2) is 0 Å². The van der Waals surface area contributed by atoms with Crippen LogP contribution in [0.3, 0.4) is 0 Å². The van der Waals surface area contributed by atoms with Crippen molar-refractivity contribution in [3.63, 3.8) is 0 Å². The molecule has 2 N–H and O–H groups in total. The summed E-state index contributed by atoms with van der Waals surface area (Å²) in [5.41, 5.74) is 9.68. The summed E-state index contributed by atoms with van der Waals surface area (Å²) in [4.78, 5) is 13.0. The number of hydrogen-bond donors (Lipinski definition) is 1. The third-order valence-corrected chi connectivity index (χ3v) is 3.44. The molecule has 0 saturated heterocycles. The van der Waals surface area contributed by atoms with Crippen molar-refractivity contribution in [2.75, 3.05) is 0 Å². The van der Waals surface area contributed by atoms with Gasteiger partial charge < -0.3 is 10.3 Å². The van der Waals surface area contributed by atoms with Gasteiger partial charge in [0.05, 0.1) is 16.6 Å². The van der Waals surface area contributed by atoms with E-state index in [0.29, 0.717) is 6.54 Å². The van der Waals surface area contributed by atoms with Crippen LogP contribution in [-0.4, -0.2) is 19.5 Å². The topological polar surface area (TPSA) is 69.6 Å². The standard InChI is InChI=1S/C16H19N5/c1-16(2,3)21-14-5-4-11(7-17)6-13(14)20-15(21)12-8-18-10-19-9-12/h4-6,8-10H,7,17H2,1-3H3. The number of benzene rings is 1. The molecule has 0 fully saturated rings. The average Bonchev–Trinajstić information content (AvgIpc) is 2.86. The van der Waals surface area contributed by atoms with Crippen molar-refractivity contribution in [1.29, 1.82) is 0 Å². The monoisotopic (exact) mass is 281 g/mol.